The highest BCUT2D eigenvalue weighted by Gasteiger charge is 2.50. The number of dihydropyridines is 1. The van der Waals surface area contributed by atoms with Gasteiger partial charge in [0.05, 0.1) is 42.2 Å². The van der Waals surface area contributed by atoms with Gasteiger partial charge in [0.2, 0.25) is 0 Å². The van der Waals surface area contributed by atoms with E-state index in [2.05, 4.69) is 5.32 Å². The molecule has 6 nitrogen and oxygen atoms in total. The molecule has 10 heteroatoms. The van der Waals surface area contributed by atoms with Gasteiger partial charge in [-0.2, -0.15) is 13.2 Å². The van der Waals surface area contributed by atoms with Gasteiger partial charge < -0.3 is 19.1 Å². The van der Waals surface area contributed by atoms with Gasteiger partial charge in [0.25, 0.3) is 0 Å². The summed E-state index contributed by atoms with van der Waals surface area (Å²) in [5.74, 6) is -2.12. The number of carbonyl (C=O) groups is 1. The molecule has 3 rings (SSSR count). The van der Waals surface area contributed by atoms with Crippen molar-refractivity contribution in [2.45, 2.75) is 46.7 Å². The molecule has 0 aromatic heterocycles. The molecule has 176 valence electrons. The lowest BCUT2D eigenvalue weighted by atomic mass is 9.84. The van der Waals surface area contributed by atoms with Gasteiger partial charge in [0, 0.05) is 16.8 Å². The second-order valence-corrected chi connectivity index (χ2v) is 10.6. The summed E-state index contributed by atoms with van der Waals surface area (Å²) in [7, 11) is -4.03. The molecule has 1 fully saturated rings. The van der Waals surface area contributed by atoms with Gasteiger partial charge in [-0.05, 0) is 32.4 Å². The Morgan fingerprint density at radius 1 is 1.19 bits per heavy atom. The monoisotopic (exact) mass is 473 g/mol. The molecule has 1 saturated heterocycles. The van der Waals surface area contributed by atoms with E-state index in [1.54, 1.807) is 20.8 Å². The summed E-state index contributed by atoms with van der Waals surface area (Å²) in [6, 6.07) is 4.92. The first-order valence-corrected chi connectivity index (χ1v) is 11.8. The van der Waals surface area contributed by atoms with E-state index in [1.807, 2.05) is 13.8 Å². The number of carbonyl (C=O) groups excluding carboxylic acids is 1. The lowest BCUT2D eigenvalue weighted by Gasteiger charge is -2.40. The Morgan fingerprint density at radius 3 is 2.34 bits per heavy atom. The fraction of sp³-hybridized carbons (Fsp3) is 0.500. The number of benzene rings is 1. The summed E-state index contributed by atoms with van der Waals surface area (Å²) in [6.45, 7) is 8.68. The van der Waals surface area contributed by atoms with E-state index in [0.29, 0.717) is 11.4 Å². The molecular weight excluding hydrogens is 446 g/mol. The van der Waals surface area contributed by atoms with Gasteiger partial charge in [0.15, 0.2) is 0 Å². The maximum absolute atomic E-state index is 13.9. The smallest absolute Gasteiger partial charge is 0.416 e. The van der Waals surface area contributed by atoms with Crippen molar-refractivity contribution in [3.8, 4) is 0 Å². The number of rotatable bonds is 4. The lowest BCUT2D eigenvalue weighted by molar-refractivity contribution is -0.140. The summed E-state index contributed by atoms with van der Waals surface area (Å²) < 4.78 is 72.2. The highest BCUT2D eigenvalue weighted by molar-refractivity contribution is 7.58. The minimum absolute atomic E-state index is 0.0154. The van der Waals surface area contributed by atoms with Crippen molar-refractivity contribution >= 4 is 13.6 Å². The zero-order valence-corrected chi connectivity index (χ0v) is 19.5. The molecule has 0 radical (unpaired) electrons. The third-order valence-corrected chi connectivity index (χ3v) is 7.47. The summed E-state index contributed by atoms with van der Waals surface area (Å²) in [4.78, 5) is 12.9. The first-order valence-electron chi connectivity index (χ1n) is 10.2. The molecule has 1 aromatic carbocycles. The van der Waals surface area contributed by atoms with Gasteiger partial charge in [-0.25, -0.2) is 4.79 Å². The van der Waals surface area contributed by atoms with Crippen LogP contribution < -0.4 is 5.32 Å². The molecule has 2 aliphatic rings. The zero-order valence-electron chi connectivity index (χ0n) is 18.6. The van der Waals surface area contributed by atoms with Crippen LogP contribution in [0, 0.1) is 5.41 Å². The van der Waals surface area contributed by atoms with Crippen molar-refractivity contribution in [1.29, 1.82) is 0 Å². The molecule has 2 heterocycles. The molecule has 2 aliphatic heterocycles. The molecule has 1 N–H and O–H groups in total. The fourth-order valence-corrected chi connectivity index (χ4v) is 6.32. The van der Waals surface area contributed by atoms with E-state index in [0.717, 1.165) is 6.07 Å². The lowest BCUT2D eigenvalue weighted by Crippen LogP contribution is -2.34. The van der Waals surface area contributed by atoms with E-state index in [1.165, 1.54) is 18.2 Å². The highest BCUT2D eigenvalue weighted by Crippen LogP contribution is 2.67. The Kier molecular flexibility index (Phi) is 6.67. The Morgan fingerprint density at radius 2 is 1.78 bits per heavy atom. The van der Waals surface area contributed by atoms with Gasteiger partial charge >= 0.3 is 19.7 Å². The van der Waals surface area contributed by atoms with Gasteiger partial charge in [-0.15, -0.1) is 0 Å². The molecule has 1 unspecified atom stereocenters. The highest BCUT2D eigenvalue weighted by atomic mass is 31.2. The third-order valence-electron chi connectivity index (χ3n) is 5.34. The van der Waals surface area contributed by atoms with Crippen LogP contribution in [0.15, 0.2) is 46.5 Å². The second kappa shape index (κ2) is 8.69. The molecule has 0 amide bonds. The van der Waals surface area contributed by atoms with Crippen molar-refractivity contribution in [2.24, 2.45) is 5.41 Å². The van der Waals surface area contributed by atoms with E-state index in [-0.39, 0.29) is 36.3 Å². The van der Waals surface area contributed by atoms with Crippen molar-refractivity contribution in [2.75, 3.05) is 19.8 Å². The van der Waals surface area contributed by atoms with Crippen LogP contribution in [0.4, 0.5) is 13.2 Å². The van der Waals surface area contributed by atoms with E-state index >= 15 is 0 Å². The third kappa shape index (κ3) is 4.65. The molecule has 1 atom stereocenters. The van der Waals surface area contributed by atoms with E-state index in [9.17, 15) is 22.5 Å². The fourth-order valence-electron chi connectivity index (χ4n) is 3.87. The topological polar surface area (TPSA) is 73.9 Å². The number of ether oxygens (including phenoxy) is 1. The van der Waals surface area contributed by atoms with Crippen LogP contribution in [0.2, 0.25) is 0 Å². The molecule has 0 aliphatic carbocycles. The van der Waals surface area contributed by atoms with Crippen LogP contribution in [-0.4, -0.2) is 25.8 Å². The van der Waals surface area contributed by atoms with Crippen LogP contribution >= 0.6 is 7.60 Å². The number of halogens is 3. The average Bonchev–Trinajstić information content (AvgIpc) is 2.69. The second-order valence-electron chi connectivity index (χ2n) is 8.62. The van der Waals surface area contributed by atoms with Crippen molar-refractivity contribution in [3.05, 3.63) is 57.7 Å². The minimum Gasteiger partial charge on any atom is -0.463 e. The first-order chi connectivity index (χ1) is 14.8. The average molecular weight is 473 g/mol. The molecular formula is C22H27F3NO5P. The number of allylic oxidation sites excluding steroid dienone is 3. The first kappa shape index (κ1) is 24.6. The van der Waals surface area contributed by atoms with E-state index < -0.39 is 36.6 Å². The van der Waals surface area contributed by atoms with Crippen LogP contribution in [-0.2, 0) is 29.3 Å². The molecule has 0 spiro atoms. The Balaban J connectivity index is 2.26. The summed E-state index contributed by atoms with van der Waals surface area (Å²) >= 11 is 0. The van der Waals surface area contributed by atoms with Gasteiger partial charge in [0.1, 0.15) is 0 Å². The van der Waals surface area contributed by atoms with Gasteiger partial charge in [-0.1, -0.05) is 32.0 Å². The van der Waals surface area contributed by atoms with Crippen molar-refractivity contribution in [1.82, 2.24) is 5.32 Å². The standard InChI is InChI=1S/C22H27F3NO5P/c1-6-29-20(27)17-13(2)26-14(3)19(32(28)30-11-21(4,5)12-31-32)18(17)15-9-7-8-10-16(15)22(23,24)25/h7-10,18,26H,6,11-12H2,1-5H3. The van der Waals surface area contributed by atoms with Gasteiger partial charge in [-0.3, -0.25) is 4.57 Å². The molecule has 0 saturated carbocycles. The number of hydrogen-bond acceptors (Lipinski definition) is 6. The minimum atomic E-state index is -4.70. The summed E-state index contributed by atoms with van der Waals surface area (Å²) in [5, 5.41) is 2.95. The SMILES string of the molecule is CCOC(=O)C1=C(C)NC(C)=C(P2(=O)OCC(C)(C)CO2)C1c1ccccc1C(F)(F)F. The molecule has 32 heavy (non-hydrogen) atoms. The van der Waals surface area contributed by atoms with Crippen LogP contribution in [0.5, 0.6) is 0 Å². The van der Waals surface area contributed by atoms with Crippen molar-refractivity contribution < 1.29 is 36.3 Å². The zero-order chi connectivity index (χ0) is 23.9. The largest absolute Gasteiger partial charge is 0.463 e. The molecule has 0 bridgehead atoms. The van der Waals surface area contributed by atoms with Crippen LogP contribution in [0.3, 0.4) is 0 Å². The quantitative estimate of drug-likeness (QED) is 0.445. The molecule has 1 aromatic rings. The number of alkyl halides is 3. The number of nitrogens with one attached hydrogen (secondary N) is 1. The Bertz CT molecular complexity index is 1010. The Labute approximate surface area is 185 Å². The summed E-state index contributed by atoms with van der Waals surface area (Å²) in [6.07, 6.45) is -4.70. The van der Waals surface area contributed by atoms with Crippen molar-refractivity contribution in [3.63, 3.8) is 0 Å². The normalized spacial score (nSPS) is 23.1. The van der Waals surface area contributed by atoms with E-state index in [4.69, 9.17) is 13.8 Å². The van der Waals surface area contributed by atoms with Crippen LogP contribution in [0.25, 0.3) is 0 Å². The number of esters is 1. The number of hydrogen-bond donors (Lipinski definition) is 1. The Hall–Kier alpha value is -2.09. The predicted octanol–water partition coefficient (Wildman–Crippen LogP) is 5.73. The maximum atomic E-state index is 13.9. The predicted molar refractivity (Wildman–Crippen MR) is 113 cm³/mol. The maximum Gasteiger partial charge on any atom is 0.416 e. The van der Waals surface area contributed by atoms with Crippen LogP contribution in [0.1, 0.15) is 51.7 Å². The summed E-state index contributed by atoms with van der Waals surface area (Å²) in [5.41, 5.74) is -0.992.